The Morgan fingerprint density at radius 2 is 1.71 bits per heavy atom. The molecule has 0 spiro atoms. The van der Waals surface area contributed by atoms with Crippen molar-refractivity contribution in [1.82, 2.24) is 13.8 Å². The summed E-state index contributed by atoms with van der Waals surface area (Å²) in [4.78, 5) is 14.4. The standard InChI is InChI=1S/C16H18ClN3O3S/c1-24(22,23)20-10-8-19(9-11-20)16(21)14-12-13(4-5-15(14)17)18-6-2-3-7-18/h2-7,12H,8-11H2,1H3. The van der Waals surface area contributed by atoms with Gasteiger partial charge in [0.25, 0.3) is 5.91 Å². The van der Waals surface area contributed by atoms with Gasteiger partial charge in [0.05, 0.1) is 16.8 Å². The molecule has 128 valence electrons. The van der Waals surface area contributed by atoms with Gasteiger partial charge < -0.3 is 9.47 Å². The fourth-order valence-electron chi connectivity index (χ4n) is 2.74. The third-order valence-corrected chi connectivity index (χ3v) is 5.71. The van der Waals surface area contributed by atoms with Crippen LogP contribution in [0.3, 0.4) is 0 Å². The van der Waals surface area contributed by atoms with Gasteiger partial charge in [0.2, 0.25) is 10.0 Å². The molecule has 1 aliphatic rings. The summed E-state index contributed by atoms with van der Waals surface area (Å²) in [6, 6.07) is 9.12. The van der Waals surface area contributed by atoms with Crippen LogP contribution in [0.5, 0.6) is 0 Å². The van der Waals surface area contributed by atoms with Crippen molar-refractivity contribution in [2.24, 2.45) is 0 Å². The number of amides is 1. The highest BCUT2D eigenvalue weighted by Crippen LogP contribution is 2.22. The zero-order chi connectivity index (χ0) is 17.3. The molecular weight excluding hydrogens is 350 g/mol. The average molecular weight is 368 g/mol. The lowest BCUT2D eigenvalue weighted by Gasteiger charge is -2.33. The molecular formula is C16H18ClN3O3S. The van der Waals surface area contributed by atoms with E-state index < -0.39 is 10.0 Å². The Morgan fingerprint density at radius 3 is 2.29 bits per heavy atom. The number of sulfonamides is 1. The average Bonchev–Trinajstić information content (AvgIpc) is 3.08. The lowest BCUT2D eigenvalue weighted by atomic mass is 10.1. The maximum absolute atomic E-state index is 12.8. The van der Waals surface area contributed by atoms with Crippen LogP contribution >= 0.6 is 11.6 Å². The summed E-state index contributed by atoms with van der Waals surface area (Å²) in [5.41, 5.74) is 1.28. The van der Waals surface area contributed by atoms with E-state index in [2.05, 4.69) is 0 Å². The molecule has 0 unspecified atom stereocenters. The molecule has 0 saturated carbocycles. The maximum atomic E-state index is 12.8. The van der Waals surface area contributed by atoms with Crippen LogP contribution in [-0.2, 0) is 10.0 Å². The fourth-order valence-corrected chi connectivity index (χ4v) is 3.76. The number of nitrogens with zero attached hydrogens (tertiary/aromatic N) is 3. The van der Waals surface area contributed by atoms with Crippen molar-refractivity contribution in [1.29, 1.82) is 0 Å². The van der Waals surface area contributed by atoms with E-state index in [4.69, 9.17) is 11.6 Å². The topological polar surface area (TPSA) is 62.6 Å². The van der Waals surface area contributed by atoms with Crippen molar-refractivity contribution in [3.63, 3.8) is 0 Å². The van der Waals surface area contributed by atoms with Gasteiger partial charge in [-0.3, -0.25) is 4.79 Å². The maximum Gasteiger partial charge on any atom is 0.255 e. The predicted molar refractivity (Wildman–Crippen MR) is 93.1 cm³/mol. The van der Waals surface area contributed by atoms with Gasteiger partial charge in [-0.1, -0.05) is 11.6 Å². The molecule has 1 amide bonds. The number of carbonyl (C=O) groups is 1. The monoisotopic (exact) mass is 367 g/mol. The summed E-state index contributed by atoms with van der Waals surface area (Å²) >= 11 is 6.21. The summed E-state index contributed by atoms with van der Waals surface area (Å²) in [5, 5.41) is 0.390. The molecule has 8 heteroatoms. The van der Waals surface area contributed by atoms with E-state index in [1.807, 2.05) is 35.2 Å². The van der Waals surface area contributed by atoms with Crippen molar-refractivity contribution >= 4 is 27.5 Å². The molecule has 0 radical (unpaired) electrons. The van der Waals surface area contributed by atoms with Crippen LogP contribution in [0.15, 0.2) is 42.7 Å². The Bertz CT molecular complexity index is 841. The van der Waals surface area contributed by atoms with Crippen LogP contribution in [-0.4, -0.2) is 60.5 Å². The zero-order valence-electron chi connectivity index (χ0n) is 13.2. The van der Waals surface area contributed by atoms with Gasteiger partial charge in [0.1, 0.15) is 0 Å². The number of piperazine rings is 1. The first kappa shape index (κ1) is 17.0. The number of benzene rings is 1. The molecule has 1 aromatic carbocycles. The molecule has 0 bridgehead atoms. The van der Waals surface area contributed by atoms with Gasteiger partial charge >= 0.3 is 0 Å². The molecule has 1 aliphatic heterocycles. The Kier molecular flexibility index (Phi) is 4.67. The van der Waals surface area contributed by atoms with E-state index in [0.717, 1.165) is 5.69 Å². The van der Waals surface area contributed by atoms with Crippen molar-refractivity contribution in [3.8, 4) is 5.69 Å². The second-order valence-electron chi connectivity index (χ2n) is 5.71. The Labute approximate surface area is 146 Å². The summed E-state index contributed by atoms with van der Waals surface area (Å²) < 4.78 is 26.4. The highest BCUT2D eigenvalue weighted by Gasteiger charge is 2.27. The molecule has 24 heavy (non-hydrogen) atoms. The van der Waals surface area contributed by atoms with Crippen LogP contribution in [0, 0.1) is 0 Å². The van der Waals surface area contributed by atoms with Crippen molar-refractivity contribution in [3.05, 3.63) is 53.3 Å². The molecule has 0 aliphatic carbocycles. The summed E-state index contributed by atoms with van der Waals surface area (Å²) in [5.74, 6) is -0.179. The minimum Gasteiger partial charge on any atom is -0.336 e. The molecule has 6 nitrogen and oxygen atoms in total. The van der Waals surface area contributed by atoms with Gasteiger partial charge in [-0.25, -0.2) is 8.42 Å². The summed E-state index contributed by atoms with van der Waals surface area (Å²) in [7, 11) is -3.22. The van der Waals surface area contributed by atoms with Crippen molar-refractivity contribution in [2.75, 3.05) is 32.4 Å². The minimum atomic E-state index is -3.22. The van der Waals surface area contributed by atoms with Crippen LogP contribution in [0.1, 0.15) is 10.4 Å². The predicted octanol–water partition coefficient (Wildman–Crippen LogP) is 1.85. The number of hydrogen-bond donors (Lipinski definition) is 0. The molecule has 0 atom stereocenters. The third kappa shape index (κ3) is 3.48. The molecule has 3 rings (SSSR count). The lowest BCUT2D eigenvalue weighted by molar-refractivity contribution is 0.0698. The van der Waals surface area contributed by atoms with Gasteiger partial charge in [0.15, 0.2) is 0 Å². The van der Waals surface area contributed by atoms with E-state index >= 15 is 0 Å². The molecule has 1 fully saturated rings. The Morgan fingerprint density at radius 1 is 1.08 bits per heavy atom. The van der Waals surface area contributed by atoms with Crippen LogP contribution in [0.4, 0.5) is 0 Å². The first-order chi connectivity index (χ1) is 11.4. The number of carbonyl (C=O) groups excluding carboxylic acids is 1. The SMILES string of the molecule is CS(=O)(=O)N1CCN(C(=O)c2cc(-n3cccc3)ccc2Cl)CC1. The van der Waals surface area contributed by atoms with Crippen LogP contribution < -0.4 is 0 Å². The summed E-state index contributed by atoms with van der Waals surface area (Å²) in [6.45, 7) is 1.32. The highest BCUT2D eigenvalue weighted by atomic mass is 35.5. The van der Waals surface area contributed by atoms with E-state index in [1.165, 1.54) is 10.6 Å². The van der Waals surface area contributed by atoms with Gasteiger partial charge in [-0.05, 0) is 30.3 Å². The quantitative estimate of drug-likeness (QED) is 0.831. The Hall–Kier alpha value is -1.83. The van der Waals surface area contributed by atoms with Crippen LogP contribution in [0.2, 0.25) is 5.02 Å². The van der Waals surface area contributed by atoms with Gasteiger partial charge in [0, 0.05) is 44.3 Å². The molecule has 0 N–H and O–H groups in total. The normalized spacial score (nSPS) is 16.3. The smallest absolute Gasteiger partial charge is 0.255 e. The van der Waals surface area contributed by atoms with E-state index in [-0.39, 0.29) is 5.91 Å². The second kappa shape index (κ2) is 6.58. The minimum absolute atomic E-state index is 0.179. The lowest BCUT2D eigenvalue weighted by Crippen LogP contribution is -2.50. The first-order valence-corrected chi connectivity index (χ1v) is 9.76. The zero-order valence-corrected chi connectivity index (χ0v) is 14.8. The van der Waals surface area contributed by atoms with Crippen LogP contribution in [0.25, 0.3) is 5.69 Å². The second-order valence-corrected chi connectivity index (χ2v) is 8.10. The van der Waals surface area contributed by atoms with Crippen molar-refractivity contribution in [2.45, 2.75) is 0 Å². The van der Waals surface area contributed by atoms with Gasteiger partial charge in [-0.15, -0.1) is 0 Å². The van der Waals surface area contributed by atoms with E-state index in [9.17, 15) is 13.2 Å². The van der Waals surface area contributed by atoms with E-state index in [0.29, 0.717) is 36.8 Å². The van der Waals surface area contributed by atoms with E-state index in [1.54, 1.807) is 17.0 Å². The first-order valence-electron chi connectivity index (χ1n) is 7.53. The molecule has 1 saturated heterocycles. The van der Waals surface area contributed by atoms with Gasteiger partial charge in [-0.2, -0.15) is 4.31 Å². The summed E-state index contributed by atoms with van der Waals surface area (Å²) in [6.07, 6.45) is 4.96. The Balaban J connectivity index is 1.80. The number of hydrogen-bond acceptors (Lipinski definition) is 3. The number of halogens is 1. The third-order valence-electron chi connectivity index (χ3n) is 4.08. The number of aromatic nitrogens is 1. The fraction of sp³-hybridized carbons (Fsp3) is 0.312. The molecule has 2 aromatic rings. The highest BCUT2D eigenvalue weighted by molar-refractivity contribution is 7.88. The molecule has 1 aromatic heterocycles. The van der Waals surface area contributed by atoms with Crippen molar-refractivity contribution < 1.29 is 13.2 Å². The number of rotatable bonds is 3. The molecule has 2 heterocycles. The largest absolute Gasteiger partial charge is 0.336 e.